The molecule has 1 fully saturated rings. The molecule has 3 atom stereocenters. The lowest BCUT2D eigenvalue weighted by Crippen LogP contribution is -2.37. The number of amides is 1. The van der Waals surface area contributed by atoms with Gasteiger partial charge >= 0.3 is 0 Å². The third-order valence-electron chi connectivity index (χ3n) is 3.24. The summed E-state index contributed by atoms with van der Waals surface area (Å²) >= 11 is 0. The lowest BCUT2D eigenvalue weighted by molar-refractivity contribution is -0.128. The highest BCUT2D eigenvalue weighted by molar-refractivity contribution is 5.81. The maximum atomic E-state index is 11.1. The van der Waals surface area contributed by atoms with Crippen molar-refractivity contribution in [3.8, 4) is 0 Å². The minimum absolute atomic E-state index is 0.130. The molecule has 2 N–H and O–H groups in total. The molecular weight excluding hydrogens is 138 g/mol. The van der Waals surface area contributed by atoms with E-state index in [0.29, 0.717) is 11.8 Å². The quantitative estimate of drug-likeness (QED) is 0.560. The molecule has 2 heteroatoms. The van der Waals surface area contributed by atoms with Crippen LogP contribution in [-0.4, -0.2) is 5.91 Å². The van der Waals surface area contributed by atoms with Crippen LogP contribution in [-0.2, 0) is 4.79 Å². The van der Waals surface area contributed by atoms with Gasteiger partial charge in [0, 0.05) is 0 Å². The van der Waals surface area contributed by atoms with Crippen molar-refractivity contribution in [2.24, 2.45) is 23.0 Å². The second-order valence-corrected chi connectivity index (χ2v) is 3.97. The molecule has 60 valence electrons. The first-order chi connectivity index (χ1) is 5.13. The van der Waals surface area contributed by atoms with Crippen molar-refractivity contribution in [1.29, 1.82) is 0 Å². The normalized spacial score (nSPS) is 46.6. The van der Waals surface area contributed by atoms with Crippen LogP contribution in [0, 0.1) is 17.3 Å². The van der Waals surface area contributed by atoms with Gasteiger partial charge in [-0.15, -0.1) is 0 Å². The van der Waals surface area contributed by atoms with Crippen LogP contribution < -0.4 is 5.73 Å². The molecule has 0 aromatic rings. The molecule has 0 aliphatic heterocycles. The standard InChI is InChI=1S/C9H13NO/c1-9(8(10)11)5-6-2-3-7(9)4-6/h2-3,6-7H,4-5H2,1H3,(H2,10,11)/t6-,7+,9-/m0/s1. The molecule has 11 heavy (non-hydrogen) atoms. The van der Waals surface area contributed by atoms with Crippen molar-refractivity contribution < 1.29 is 4.79 Å². The van der Waals surface area contributed by atoms with Gasteiger partial charge in [0.05, 0.1) is 5.41 Å². The molecule has 2 aliphatic rings. The van der Waals surface area contributed by atoms with Gasteiger partial charge in [0.2, 0.25) is 5.91 Å². The lowest BCUT2D eigenvalue weighted by atomic mass is 9.77. The van der Waals surface area contributed by atoms with E-state index in [-0.39, 0.29) is 11.3 Å². The fraction of sp³-hybridized carbons (Fsp3) is 0.667. The minimum Gasteiger partial charge on any atom is -0.369 e. The predicted octanol–water partition coefficient (Wildman–Crippen LogP) is 1.07. The number of nitrogens with two attached hydrogens (primary N) is 1. The van der Waals surface area contributed by atoms with Crippen LogP contribution in [0.5, 0.6) is 0 Å². The zero-order chi connectivity index (χ0) is 8.06. The predicted molar refractivity (Wildman–Crippen MR) is 42.7 cm³/mol. The molecule has 2 rings (SSSR count). The lowest BCUT2D eigenvalue weighted by Gasteiger charge is -2.27. The minimum atomic E-state index is -0.237. The average molecular weight is 151 g/mol. The average Bonchev–Trinajstić information content (AvgIpc) is 2.45. The van der Waals surface area contributed by atoms with E-state index >= 15 is 0 Å². The summed E-state index contributed by atoms with van der Waals surface area (Å²) in [7, 11) is 0. The van der Waals surface area contributed by atoms with Gasteiger partial charge in [-0.2, -0.15) is 0 Å². The Morgan fingerprint density at radius 2 is 2.36 bits per heavy atom. The second-order valence-electron chi connectivity index (χ2n) is 3.97. The molecule has 2 bridgehead atoms. The summed E-state index contributed by atoms with van der Waals surface area (Å²) in [6.07, 6.45) is 6.47. The number of hydrogen-bond donors (Lipinski definition) is 1. The number of allylic oxidation sites excluding steroid dienone is 2. The highest BCUT2D eigenvalue weighted by Crippen LogP contribution is 2.51. The van der Waals surface area contributed by atoms with Gasteiger partial charge in [-0.1, -0.05) is 19.1 Å². The summed E-state index contributed by atoms with van der Waals surface area (Å²) < 4.78 is 0. The van der Waals surface area contributed by atoms with Crippen LogP contribution in [0.1, 0.15) is 19.8 Å². The summed E-state index contributed by atoms with van der Waals surface area (Å²) in [4.78, 5) is 11.1. The Morgan fingerprint density at radius 1 is 1.64 bits per heavy atom. The summed E-state index contributed by atoms with van der Waals surface area (Å²) in [6.45, 7) is 1.99. The number of primary amides is 1. The molecule has 1 amide bonds. The summed E-state index contributed by atoms with van der Waals surface area (Å²) in [6, 6.07) is 0. The Balaban J connectivity index is 2.30. The molecule has 0 aromatic carbocycles. The Bertz CT molecular complexity index is 234. The van der Waals surface area contributed by atoms with Crippen LogP contribution in [0.2, 0.25) is 0 Å². The second kappa shape index (κ2) is 1.87. The summed E-state index contributed by atoms with van der Waals surface area (Å²) in [5.74, 6) is 0.914. The van der Waals surface area contributed by atoms with Gasteiger partial charge < -0.3 is 5.73 Å². The first-order valence-corrected chi connectivity index (χ1v) is 4.11. The van der Waals surface area contributed by atoms with E-state index in [9.17, 15) is 4.79 Å². The first-order valence-electron chi connectivity index (χ1n) is 4.11. The van der Waals surface area contributed by atoms with E-state index in [1.807, 2.05) is 6.92 Å². The van der Waals surface area contributed by atoms with Crippen LogP contribution in [0.4, 0.5) is 0 Å². The number of rotatable bonds is 1. The Kier molecular flexibility index (Phi) is 1.17. The molecular formula is C9H13NO. The fourth-order valence-corrected chi connectivity index (χ4v) is 2.38. The van der Waals surface area contributed by atoms with Gasteiger partial charge in [-0.05, 0) is 24.7 Å². The SMILES string of the molecule is C[C@]1(C(N)=O)C[C@H]2C=C[C@@H]1C2. The van der Waals surface area contributed by atoms with Crippen LogP contribution in [0.15, 0.2) is 12.2 Å². The van der Waals surface area contributed by atoms with E-state index in [1.54, 1.807) is 0 Å². The van der Waals surface area contributed by atoms with E-state index in [1.165, 1.54) is 0 Å². The number of carbonyl (C=O) groups is 1. The van der Waals surface area contributed by atoms with Crippen molar-refractivity contribution in [2.75, 3.05) is 0 Å². The summed E-state index contributed by atoms with van der Waals surface area (Å²) in [5, 5.41) is 0. The molecule has 0 heterocycles. The Labute approximate surface area is 66.5 Å². The Hall–Kier alpha value is -0.790. The van der Waals surface area contributed by atoms with Gasteiger partial charge in [-0.25, -0.2) is 0 Å². The van der Waals surface area contributed by atoms with Crippen molar-refractivity contribution in [2.45, 2.75) is 19.8 Å². The smallest absolute Gasteiger partial charge is 0.223 e. The van der Waals surface area contributed by atoms with E-state index < -0.39 is 0 Å². The molecule has 0 unspecified atom stereocenters. The Morgan fingerprint density at radius 3 is 2.64 bits per heavy atom. The van der Waals surface area contributed by atoms with E-state index in [0.717, 1.165) is 12.8 Å². The van der Waals surface area contributed by atoms with E-state index in [4.69, 9.17) is 5.73 Å². The maximum Gasteiger partial charge on any atom is 0.223 e. The van der Waals surface area contributed by atoms with Gasteiger partial charge in [-0.3, -0.25) is 4.79 Å². The molecule has 0 aromatic heterocycles. The topological polar surface area (TPSA) is 43.1 Å². The van der Waals surface area contributed by atoms with Crippen molar-refractivity contribution in [1.82, 2.24) is 0 Å². The van der Waals surface area contributed by atoms with Gasteiger partial charge in [0.1, 0.15) is 0 Å². The molecule has 0 spiro atoms. The van der Waals surface area contributed by atoms with Crippen molar-refractivity contribution in [3.05, 3.63) is 12.2 Å². The molecule has 2 nitrogen and oxygen atoms in total. The fourth-order valence-electron chi connectivity index (χ4n) is 2.38. The zero-order valence-electron chi connectivity index (χ0n) is 6.71. The molecule has 0 radical (unpaired) electrons. The first kappa shape index (κ1) is 6.89. The molecule has 0 saturated heterocycles. The monoisotopic (exact) mass is 151 g/mol. The number of fused-ring (bicyclic) bond motifs is 2. The number of hydrogen-bond acceptors (Lipinski definition) is 1. The molecule has 2 aliphatic carbocycles. The van der Waals surface area contributed by atoms with Crippen LogP contribution in [0.25, 0.3) is 0 Å². The third kappa shape index (κ3) is 0.753. The third-order valence-corrected chi connectivity index (χ3v) is 3.24. The number of carbonyl (C=O) groups excluding carboxylic acids is 1. The maximum absolute atomic E-state index is 11.1. The van der Waals surface area contributed by atoms with E-state index in [2.05, 4.69) is 12.2 Å². The van der Waals surface area contributed by atoms with Crippen molar-refractivity contribution >= 4 is 5.91 Å². The van der Waals surface area contributed by atoms with Crippen LogP contribution >= 0.6 is 0 Å². The van der Waals surface area contributed by atoms with Crippen molar-refractivity contribution in [3.63, 3.8) is 0 Å². The molecule has 1 saturated carbocycles. The van der Waals surface area contributed by atoms with Gasteiger partial charge in [0.15, 0.2) is 0 Å². The highest BCUT2D eigenvalue weighted by Gasteiger charge is 2.48. The zero-order valence-corrected chi connectivity index (χ0v) is 6.71. The van der Waals surface area contributed by atoms with Gasteiger partial charge in [0.25, 0.3) is 0 Å². The van der Waals surface area contributed by atoms with Crippen LogP contribution in [0.3, 0.4) is 0 Å². The largest absolute Gasteiger partial charge is 0.369 e. The highest BCUT2D eigenvalue weighted by atomic mass is 16.1. The summed E-state index contributed by atoms with van der Waals surface area (Å²) in [5.41, 5.74) is 5.11.